The molecule has 104 valence electrons. The molecule has 1 heterocycles. The molecule has 0 spiro atoms. The fourth-order valence-electron chi connectivity index (χ4n) is 4.15. The predicted octanol–water partition coefficient (Wildman–Crippen LogP) is 1.14. The van der Waals surface area contributed by atoms with E-state index < -0.39 is 10.0 Å². The molecule has 0 aromatic heterocycles. The van der Waals surface area contributed by atoms with Crippen LogP contribution in [0, 0.1) is 11.8 Å². The second kappa shape index (κ2) is 4.76. The van der Waals surface area contributed by atoms with Gasteiger partial charge < -0.3 is 0 Å². The van der Waals surface area contributed by atoms with Crippen LogP contribution in [0.1, 0.15) is 32.6 Å². The van der Waals surface area contributed by atoms with Gasteiger partial charge >= 0.3 is 0 Å². The first-order valence-electron chi connectivity index (χ1n) is 7.32. The van der Waals surface area contributed by atoms with Gasteiger partial charge in [0.1, 0.15) is 0 Å². The summed E-state index contributed by atoms with van der Waals surface area (Å²) in [5.41, 5.74) is 0. The number of fused-ring (bicyclic) bond motifs is 2. The van der Waals surface area contributed by atoms with Crippen molar-refractivity contribution in [2.45, 2.75) is 38.6 Å². The molecule has 3 fully saturated rings. The second-order valence-electron chi connectivity index (χ2n) is 6.08. The van der Waals surface area contributed by atoms with E-state index in [4.69, 9.17) is 0 Å². The number of hydrogen-bond donors (Lipinski definition) is 0. The highest BCUT2D eigenvalue weighted by atomic mass is 32.2. The van der Waals surface area contributed by atoms with E-state index in [2.05, 4.69) is 4.90 Å². The molecule has 0 unspecified atom stereocenters. The number of nitrogens with zero attached hydrogens (tertiary/aromatic N) is 2. The van der Waals surface area contributed by atoms with Crippen molar-refractivity contribution in [3.63, 3.8) is 0 Å². The lowest BCUT2D eigenvalue weighted by Gasteiger charge is -2.40. The van der Waals surface area contributed by atoms with Gasteiger partial charge in [-0.2, -0.15) is 4.31 Å². The molecular formula is C13H24N2O2S. The van der Waals surface area contributed by atoms with E-state index in [0.717, 1.165) is 31.0 Å². The van der Waals surface area contributed by atoms with Gasteiger partial charge in [0, 0.05) is 32.2 Å². The molecular weight excluding hydrogens is 248 g/mol. The first kappa shape index (κ1) is 12.9. The van der Waals surface area contributed by atoms with Gasteiger partial charge in [0.05, 0.1) is 5.75 Å². The van der Waals surface area contributed by atoms with Crippen molar-refractivity contribution in [2.24, 2.45) is 11.8 Å². The van der Waals surface area contributed by atoms with Gasteiger partial charge in [-0.05, 0) is 38.0 Å². The Balaban J connectivity index is 1.58. The highest BCUT2D eigenvalue weighted by Crippen LogP contribution is 2.46. The average Bonchev–Trinajstić information content (AvgIpc) is 3.01. The lowest BCUT2D eigenvalue weighted by molar-refractivity contribution is 0.101. The summed E-state index contributed by atoms with van der Waals surface area (Å²) < 4.78 is 25.3. The maximum absolute atomic E-state index is 11.8. The van der Waals surface area contributed by atoms with Gasteiger partial charge in [-0.15, -0.1) is 0 Å². The maximum atomic E-state index is 11.8. The zero-order valence-corrected chi connectivity index (χ0v) is 12.0. The predicted molar refractivity (Wildman–Crippen MR) is 71.8 cm³/mol. The van der Waals surface area contributed by atoms with Crippen LogP contribution in [-0.2, 0) is 10.0 Å². The SMILES string of the molecule is CCS(=O)(=O)N1CCN([C@@H]2C[C@@H]3CC[C@H]2C3)CC1. The molecule has 2 aliphatic carbocycles. The highest BCUT2D eigenvalue weighted by molar-refractivity contribution is 7.89. The summed E-state index contributed by atoms with van der Waals surface area (Å²) in [5.74, 6) is 2.11. The van der Waals surface area contributed by atoms with E-state index >= 15 is 0 Å². The van der Waals surface area contributed by atoms with Crippen molar-refractivity contribution >= 4 is 10.0 Å². The molecule has 0 N–H and O–H groups in total. The Kier molecular flexibility index (Phi) is 3.41. The molecule has 2 bridgehead atoms. The van der Waals surface area contributed by atoms with Gasteiger partial charge in [-0.25, -0.2) is 8.42 Å². The van der Waals surface area contributed by atoms with Crippen LogP contribution in [0.5, 0.6) is 0 Å². The standard InChI is InChI=1S/C13H24N2O2S/c1-2-18(16,17)15-7-5-14(6-8-15)13-10-11-3-4-12(13)9-11/h11-13H,2-10H2,1H3/t11-,12+,13-/m1/s1. The highest BCUT2D eigenvalue weighted by Gasteiger charge is 2.43. The van der Waals surface area contributed by atoms with Gasteiger partial charge in [0.15, 0.2) is 0 Å². The minimum Gasteiger partial charge on any atom is -0.297 e. The molecule has 1 aliphatic heterocycles. The summed E-state index contributed by atoms with van der Waals surface area (Å²) in [6, 6.07) is 0.759. The Hall–Kier alpha value is -0.130. The molecule has 3 rings (SSSR count). The summed E-state index contributed by atoms with van der Waals surface area (Å²) >= 11 is 0. The topological polar surface area (TPSA) is 40.6 Å². The fourth-order valence-corrected chi connectivity index (χ4v) is 5.24. The Morgan fingerprint density at radius 1 is 1.06 bits per heavy atom. The number of rotatable bonds is 3. The van der Waals surface area contributed by atoms with E-state index in [0.29, 0.717) is 13.1 Å². The minimum atomic E-state index is -2.97. The Bertz CT molecular complexity index is 401. The minimum absolute atomic E-state index is 0.237. The van der Waals surface area contributed by atoms with Gasteiger partial charge in [-0.3, -0.25) is 4.90 Å². The van der Waals surface area contributed by atoms with Crippen LogP contribution in [0.4, 0.5) is 0 Å². The molecule has 2 saturated carbocycles. The van der Waals surface area contributed by atoms with Crippen molar-refractivity contribution in [1.29, 1.82) is 0 Å². The first-order valence-corrected chi connectivity index (χ1v) is 8.93. The summed E-state index contributed by atoms with van der Waals surface area (Å²) in [7, 11) is -2.97. The monoisotopic (exact) mass is 272 g/mol. The third-order valence-electron chi connectivity index (χ3n) is 5.20. The summed E-state index contributed by atoms with van der Waals surface area (Å²) in [5, 5.41) is 0. The molecule has 5 heteroatoms. The molecule has 1 saturated heterocycles. The molecule has 3 aliphatic rings. The molecule has 3 atom stereocenters. The third kappa shape index (κ3) is 2.21. The summed E-state index contributed by atoms with van der Waals surface area (Å²) in [6.45, 7) is 5.01. The molecule has 0 aromatic rings. The molecule has 0 radical (unpaired) electrons. The van der Waals surface area contributed by atoms with E-state index in [9.17, 15) is 8.42 Å². The molecule has 0 amide bonds. The molecule has 0 aromatic carbocycles. The van der Waals surface area contributed by atoms with Gasteiger partial charge in [0.25, 0.3) is 0 Å². The smallest absolute Gasteiger partial charge is 0.213 e. The van der Waals surface area contributed by atoms with Crippen molar-refractivity contribution < 1.29 is 8.42 Å². The lowest BCUT2D eigenvalue weighted by Crippen LogP contribution is -2.53. The van der Waals surface area contributed by atoms with Crippen LogP contribution >= 0.6 is 0 Å². The van der Waals surface area contributed by atoms with Crippen molar-refractivity contribution in [1.82, 2.24) is 9.21 Å². The van der Waals surface area contributed by atoms with Crippen molar-refractivity contribution in [3.8, 4) is 0 Å². The van der Waals surface area contributed by atoms with Gasteiger partial charge in [0.2, 0.25) is 10.0 Å². The Morgan fingerprint density at radius 2 is 1.78 bits per heavy atom. The zero-order valence-electron chi connectivity index (χ0n) is 11.2. The summed E-state index contributed by atoms with van der Waals surface area (Å²) in [6.07, 6.45) is 5.64. The Labute approximate surface area is 110 Å². The normalized spacial score (nSPS) is 38.4. The molecule has 4 nitrogen and oxygen atoms in total. The van der Waals surface area contributed by atoms with E-state index in [-0.39, 0.29) is 5.75 Å². The number of piperazine rings is 1. The fraction of sp³-hybridized carbons (Fsp3) is 1.00. The van der Waals surface area contributed by atoms with E-state index in [1.165, 1.54) is 25.7 Å². The van der Waals surface area contributed by atoms with Crippen LogP contribution < -0.4 is 0 Å². The van der Waals surface area contributed by atoms with Crippen LogP contribution in [-0.4, -0.2) is 55.6 Å². The second-order valence-corrected chi connectivity index (χ2v) is 8.34. The van der Waals surface area contributed by atoms with E-state index in [1.807, 2.05) is 0 Å². The Morgan fingerprint density at radius 3 is 2.28 bits per heavy atom. The third-order valence-corrected chi connectivity index (χ3v) is 7.08. The largest absolute Gasteiger partial charge is 0.297 e. The van der Waals surface area contributed by atoms with Crippen molar-refractivity contribution in [3.05, 3.63) is 0 Å². The van der Waals surface area contributed by atoms with Crippen molar-refractivity contribution in [2.75, 3.05) is 31.9 Å². The van der Waals surface area contributed by atoms with Crippen LogP contribution in [0.25, 0.3) is 0 Å². The van der Waals surface area contributed by atoms with Crippen LogP contribution in [0.15, 0.2) is 0 Å². The summed E-state index contributed by atoms with van der Waals surface area (Å²) in [4.78, 5) is 2.56. The van der Waals surface area contributed by atoms with E-state index in [1.54, 1.807) is 11.2 Å². The average molecular weight is 272 g/mol. The quantitative estimate of drug-likeness (QED) is 0.773. The lowest BCUT2D eigenvalue weighted by atomic mass is 9.93. The zero-order chi connectivity index (χ0) is 12.8. The number of sulfonamides is 1. The number of hydrogen-bond acceptors (Lipinski definition) is 3. The van der Waals surface area contributed by atoms with Crippen LogP contribution in [0.2, 0.25) is 0 Å². The molecule has 18 heavy (non-hydrogen) atoms. The van der Waals surface area contributed by atoms with Gasteiger partial charge in [-0.1, -0.05) is 6.42 Å². The first-order chi connectivity index (χ1) is 8.60. The van der Waals surface area contributed by atoms with Crippen LogP contribution in [0.3, 0.4) is 0 Å². The maximum Gasteiger partial charge on any atom is 0.213 e.